The number of anilines is 1. The van der Waals surface area contributed by atoms with Gasteiger partial charge in [-0.2, -0.15) is 0 Å². The lowest BCUT2D eigenvalue weighted by Gasteiger charge is -2.11. The van der Waals surface area contributed by atoms with E-state index in [1.165, 1.54) is 18.3 Å². The first-order chi connectivity index (χ1) is 14.9. The van der Waals surface area contributed by atoms with Crippen molar-refractivity contribution < 1.29 is 24.2 Å². The van der Waals surface area contributed by atoms with Gasteiger partial charge >= 0.3 is 5.97 Å². The largest absolute Gasteiger partial charge is 0.492 e. The third kappa shape index (κ3) is 6.28. The van der Waals surface area contributed by atoms with Crippen LogP contribution in [0.5, 0.6) is 17.4 Å². The minimum Gasteiger partial charge on any atom is -0.492 e. The van der Waals surface area contributed by atoms with E-state index in [-0.39, 0.29) is 16.8 Å². The van der Waals surface area contributed by atoms with Crippen molar-refractivity contribution in [3.05, 3.63) is 78.0 Å². The maximum Gasteiger partial charge on any atom is 0.337 e. The van der Waals surface area contributed by atoms with Gasteiger partial charge in [0.15, 0.2) is 0 Å². The molecular formula is C23H23N3O5. The van der Waals surface area contributed by atoms with Gasteiger partial charge in [-0.3, -0.25) is 4.79 Å². The van der Waals surface area contributed by atoms with Crippen LogP contribution in [0, 0.1) is 0 Å². The molecule has 3 rings (SSSR count). The first-order valence-electron chi connectivity index (χ1n) is 9.57. The van der Waals surface area contributed by atoms with Gasteiger partial charge in [0.05, 0.1) is 16.8 Å². The molecule has 1 aromatic heterocycles. The smallest absolute Gasteiger partial charge is 0.337 e. The fourth-order valence-corrected chi connectivity index (χ4v) is 2.62. The normalized spacial score (nSPS) is 10.5. The van der Waals surface area contributed by atoms with Crippen LogP contribution in [-0.4, -0.2) is 54.1 Å². The molecule has 0 unspecified atom stereocenters. The second-order valence-corrected chi connectivity index (χ2v) is 6.92. The van der Waals surface area contributed by atoms with Crippen LogP contribution >= 0.6 is 0 Å². The summed E-state index contributed by atoms with van der Waals surface area (Å²) in [5, 5.41) is 11.8. The third-order valence-electron chi connectivity index (χ3n) is 4.26. The van der Waals surface area contributed by atoms with Gasteiger partial charge in [0.1, 0.15) is 18.1 Å². The summed E-state index contributed by atoms with van der Waals surface area (Å²) in [6.45, 7) is 1.42. The number of para-hydroxylation sites is 1. The lowest BCUT2D eigenvalue weighted by Crippen LogP contribution is -2.19. The van der Waals surface area contributed by atoms with E-state index in [1.54, 1.807) is 36.4 Å². The van der Waals surface area contributed by atoms with Crippen molar-refractivity contribution in [1.29, 1.82) is 0 Å². The summed E-state index contributed by atoms with van der Waals surface area (Å²) in [6, 6.07) is 16.5. The number of amides is 1. The van der Waals surface area contributed by atoms with Crippen molar-refractivity contribution in [1.82, 2.24) is 9.88 Å². The number of nitrogens with one attached hydrogen (secondary N) is 1. The van der Waals surface area contributed by atoms with Crippen LogP contribution in [0.25, 0.3) is 0 Å². The Labute approximate surface area is 180 Å². The molecule has 0 aliphatic carbocycles. The molecule has 31 heavy (non-hydrogen) atoms. The Bertz CT molecular complexity index is 1030. The van der Waals surface area contributed by atoms with E-state index in [2.05, 4.69) is 10.3 Å². The van der Waals surface area contributed by atoms with Gasteiger partial charge in [-0.05, 0) is 56.6 Å². The van der Waals surface area contributed by atoms with Crippen molar-refractivity contribution in [2.75, 3.05) is 32.6 Å². The van der Waals surface area contributed by atoms with Gasteiger partial charge in [0.2, 0.25) is 5.88 Å². The number of aromatic carboxylic acids is 1. The van der Waals surface area contributed by atoms with Gasteiger partial charge in [-0.1, -0.05) is 12.1 Å². The highest BCUT2D eigenvalue weighted by atomic mass is 16.5. The number of pyridine rings is 1. The van der Waals surface area contributed by atoms with Crippen LogP contribution in [0.4, 0.5) is 5.69 Å². The van der Waals surface area contributed by atoms with Crippen molar-refractivity contribution in [2.45, 2.75) is 0 Å². The third-order valence-corrected chi connectivity index (χ3v) is 4.26. The summed E-state index contributed by atoms with van der Waals surface area (Å²) in [6.07, 6.45) is 1.37. The van der Waals surface area contributed by atoms with Crippen LogP contribution in [0.15, 0.2) is 66.9 Å². The molecule has 0 spiro atoms. The first-order valence-corrected chi connectivity index (χ1v) is 9.57. The van der Waals surface area contributed by atoms with Crippen molar-refractivity contribution in [2.24, 2.45) is 0 Å². The van der Waals surface area contributed by atoms with E-state index >= 15 is 0 Å². The fourth-order valence-electron chi connectivity index (χ4n) is 2.62. The van der Waals surface area contributed by atoms with Crippen LogP contribution in [-0.2, 0) is 0 Å². The lowest BCUT2D eigenvalue weighted by atomic mass is 10.1. The standard InChI is InChI=1S/C23H23N3O5/c1-26(2)13-14-30-17-8-10-18(11-9-17)31-21-12-7-16(15-24-21)22(27)25-20-6-4-3-5-19(20)23(28)29/h3-12,15H,13-14H2,1-2H3,(H,25,27)(H,28,29). The highest BCUT2D eigenvalue weighted by molar-refractivity contribution is 6.07. The number of carbonyl (C=O) groups excluding carboxylic acids is 1. The molecule has 1 amide bonds. The summed E-state index contributed by atoms with van der Waals surface area (Å²) in [7, 11) is 3.97. The Kier molecular flexibility index (Phi) is 7.18. The number of hydrogen-bond donors (Lipinski definition) is 2. The first kappa shape index (κ1) is 21.8. The fraction of sp³-hybridized carbons (Fsp3) is 0.174. The average molecular weight is 421 g/mol. The zero-order valence-electron chi connectivity index (χ0n) is 17.2. The Balaban J connectivity index is 1.59. The Morgan fingerprint density at radius 3 is 2.35 bits per heavy atom. The van der Waals surface area contributed by atoms with Gasteiger partial charge in [0.25, 0.3) is 5.91 Å². The van der Waals surface area contributed by atoms with E-state index in [9.17, 15) is 14.7 Å². The number of likely N-dealkylation sites (N-methyl/N-ethyl adjacent to an activating group) is 1. The Morgan fingerprint density at radius 2 is 1.71 bits per heavy atom. The summed E-state index contributed by atoms with van der Waals surface area (Å²) < 4.78 is 11.3. The van der Waals surface area contributed by atoms with Gasteiger partial charge in [-0.25, -0.2) is 9.78 Å². The molecule has 2 N–H and O–H groups in total. The Morgan fingerprint density at radius 1 is 1.00 bits per heavy atom. The second-order valence-electron chi connectivity index (χ2n) is 6.92. The van der Waals surface area contributed by atoms with E-state index < -0.39 is 11.9 Å². The van der Waals surface area contributed by atoms with Crippen molar-refractivity contribution in [3.8, 4) is 17.4 Å². The van der Waals surface area contributed by atoms with Crippen molar-refractivity contribution in [3.63, 3.8) is 0 Å². The quantitative estimate of drug-likeness (QED) is 0.542. The number of rotatable bonds is 9. The molecule has 0 aliphatic rings. The average Bonchev–Trinajstić information content (AvgIpc) is 2.75. The SMILES string of the molecule is CN(C)CCOc1ccc(Oc2ccc(C(=O)Nc3ccccc3C(=O)O)cn2)cc1. The van der Waals surface area contributed by atoms with E-state index in [0.717, 1.165) is 12.3 Å². The van der Waals surface area contributed by atoms with Crippen molar-refractivity contribution >= 4 is 17.6 Å². The minimum atomic E-state index is -1.12. The number of benzene rings is 2. The molecule has 8 nitrogen and oxygen atoms in total. The number of carbonyl (C=O) groups is 2. The second kappa shape index (κ2) is 10.2. The number of carboxylic acids is 1. The van der Waals surface area contributed by atoms with Crippen LogP contribution < -0.4 is 14.8 Å². The molecule has 0 saturated carbocycles. The Hall–Kier alpha value is -3.91. The molecular weight excluding hydrogens is 398 g/mol. The number of nitrogens with zero attached hydrogens (tertiary/aromatic N) is 2. The molecule has 160 valence electrons. The monoisotopic (exact) mass is 421 g/mol. The van der Waals surface area contributed by atoms with Crippen LogP contribution in [0.1, 0.15) is 20.7 Å². The zero-order chi connectivity index (χ0) is 22.2. The summed E-state index contributed by atoms with van der Waals surface area (Å²) in [5.74, 6) is 0.0681. The molecule has 2 aromatic carbocycles. The zero-order valence-corrected chi connectivity index (χ0v) is 17.2. The minimum absolute atomic E-state index is 0.0119. The number of hydrogen-bond acceptors (Lipinski definition) is 6. The molecule has 0 radical (unpaired) electrons. The molecule has 0 atom stereocenters. The maximum atomic E-state index is 12.4. The molecule has 8 heteroatoms. The maximum absolute atomic E-state index is 12.4. The molecule has 3 aromatic rings. The molecule has 0 fully saturated rings. The summed E-state index contributed by atoms with van der Waals surface area (Å²) in [4.78, 5) is 29.9. The van der Waals surface area contributed by atoms with E-state index in [1.807, 2.05) is 31.1 Å². The predicted molar refractivity (Wildman–Crippen MR) is 116 cm³/mol. The molecule has 0 bridgehead atoms. The highest BCUT2D eigenvalue weighted by Crippen LogP contribution is 2.23. The van der Waals surface area contributed by atoms with Gasteiger partial charge in [-0.15, -0.1) is 0 Å². The van der Waals surface area contributed by atoms with Gasteiger partial charge < -0.3 is 24.8 Å². The topological polar surface area (TPSA) is 101 Å². The molecule has 1 heterocycles. The predicted octanol–water partition coefficient (Wildman–Crippen LogP) is 3.76. The summed E-state index contributed by atoms with van der Waals surface area (Å²) in [5.41, 5.74) is 0.503. The summed E-state index contributed by atoms with van der Waals surface area (Å²) >= 11 is 0. The van der Waals surface area contributed by atoms with E-state index in [4.69, 9.17) is 9.47 Å². The van der Waals surface area contributed by atoms with Crippen LogP contribution in [0.2, 0.25) is 0 Å². The number of carboxylic acid groups (broad SMARTS) is 1. The molecule has 0 aliphatic heterocycles. The van der Waals surface area contributed by atoms with Crippen LogP contribution in [0.3, 0.4) is 0 Å². The number of ether oxygens (including phenoxy) is 2. The lowest BCUT2D eigenvalue weighted by molar-refractivity contribution is 0.0698. The number of aromatic nitrogens is 1. The van der Waals surface area contributed by atoms with Gasteiger partial charge in [0, 0.05) is 18.8 Å². The van der Waals surface area contributed by atoms with E-state index in [0.29, 0.717) is 18.2 Å². The molecule has 0 saturated heterocycles. The highest BCUT2D eigenvalue weighted by Gasteiger charge is 2.13.